The van der Waals surface area contributed by atoms with Crippen molar-refractivity contribution in [3.8, 4) is 0 Å². The van der Waals surface area contributed by atoms with Crippen LogP contribution >= 0.6 is 46.4 Å². The van der Waals surface area contributed by atoms with Gasteiger partial charge < -0.3 is 4.74 Å². The number of carbonyl (C=O) groups excluding carboxylic acids is 1. The molecule has 0 unspecified atom stereocenters. The van der Waals surface area contributed by atoms with Crippen molar-refractivity contribution < 1.29 is 9.53 Å². The third-order valence-corrected chi connectivity index (χ3v) is 4.71. The van der Waals surface area contributed by atoms with Gasteiger partial charge in [0.05, 0.1) is 21.3 Å². The molecular weight excluding hydrogens is 432 g/mol. The second-order valence-electron chi connectivity index (χ2n) is 5.39. The van der Waals surface area contributed by atoms with Gasteiger partial charge in [-0.05, 0) is 43.3 Å². The third kappa shape index (κ3) is 4.45. The number of hydrogen-bond acceptors (Lipinski definition) is 4. The standard InChI is InChI=1S/C18H11Cl4N3O2/c1-10(25-9-23-8-24-25)17(13-4-2-11(19)6-15(13)21)27-18(26)14-5-3-12(20)7-16(14)22/h2-9H,1H3/b17-10+. The molecule has 5 nitrogen and oxygen atoms in total. The lowest BCUT2D eigenvalue weighted by Gasteiger charge is -2.15. The van der Waals surface area contributed by atoms with Gasteiger partial charge in [-0.3, -0.25) is 0 Å². The van der Waals surface area contributed by atoms with Crippen molar-refractivity contribution in [1.82, 2.24) is 14.8 Å². The fourth-order valence-electron chi connectivity index (χ4n) is 2.29. The van der Waals surface area contributed by atoms with Gasteiger partial charge in [-0.1, -0.05) is 46.4 Å². The molecule has 0 amide bonds. The number of nitrogens with zero attached hydrogens (tertiary/aromatic N) is 3. The van der Waals surface area contributed by atoms with Crippen LogP contribution in [-0.4, -0.2) is 20.7 Å². The van der Waals surface area contributed by atoms with Gasteiger partial charge in [0, 0.05) is 15.6 Å². The van der Waals surface area contributed by atoms with Crippen LogP contribution in [0.4, 0.5) is 0 Å². The van der Waals surface area contributed by atoms with Crippen LogP contribution in [0.5, 0.6) is 0 Å². The number of ether oxygens (including phenoxy) is 1. The second-order valence-corrected chi connectivity index (χ2v) is 7.08. The van der Waals surface area contributed by atoms with E-state index in [0.29, 0.717) is 26.3 Å². The maximum Gasteiger partial charge on any atom is 0.345 e. The van der Waals surface area contributed by atoms with E-state index in [-0.39, 0.29) is 16.3 Å². The van der Waals surface area contributed by atoms with Crippen LogP contribution in [0, 0.1) is 0 Å². The first kappa shape index (κ1) is 19.7. The van der Waals surface area contributed by atoms with Gasteiger partial charge in [-0.15, -0.1) is 0 Å². The van der Waals surface area contributed by atoms with E-state index in [0.717, 1.165) is 0 Å². The average molecular weight is 443 g/mol. The Hall–Kier alpha value is -2.05. The summed E-state index contributed by atoms with van der Waals surface area (Å²) in [6.07, 6.45) is 2.84. The lowest BCUT2D eigenvalue weighted by atomic mass is 10.1. The van der Waals surface area contributed by atoms with Gasteiger partial charge in [-0.2, -0.15) is 5.10 Å². The highest BCUT2D eigenvalue weighted by Gasteiger charge is 2.20. The van der Waals surface area contributed by atoms with Gasteiger partial charge in [0.2, 0.25) is 0 Å². The molecule has 1 heterocycles. The van der Waals surface area contributed by atoms with Crippen LogP contribution in [0.15, 0.2) is 49.1 Å². The number of hydrogen-bond donors (Lipinski definition) is 0. The smallest absolute Gasteiger partial charge is 0.345 e. The lowest BCUT2D eigenvalue weighted by Crippen LogP contribution is -2.09. The fraction of sp³-hybridized carbons (Fsp3) is 0.0556. The molecule has 9 heteroatoms. The Kier molecular flexibility index (Phi) is 6.07. The molecule has 138 valence electrons. The Balaban J connectivity index is 2.08. The highest BCUT2D eigenvalue weighted by Crippen LogP contribution is 2.32. The third-order valence-electron chi connectivity index (χ3n) is 3.61. The summed E-state index contributed by atoms with van der Waals surface area (Å²) in [6.45, 7) is 1.71. The highest BCUT2D eigenvalue weighted by atomic mass is 35.5. The van der Waals surface area contributed by atoms with E-state index in [9.17, 15) is 4.79 Å². The Morgan fingerprint density at radius 1 is 0.963 bits per heavy atom. The minimum Gasteiger partial charge on any atom is -0.420 e. The van der Waals surface area contributed by atoms with E-state index in [2.05, 4.69) is 10.1 Å². The number of halogens is 4. The van der Waals surface area contributed by atoms with Crippen LogP contribution < -0.4 is 0 Å². The highest BCUT2D eigenvalue weighted by molar-refractivity contribution is 6.37. The van der Waals surface area contributed by atoms with Gasteiger partial charge >= 0.3 is 5.97 Å². The van der Waals surface area contributed by atoms with Gasteiger partial charge in [0.25, 0.3) is 0 Å². The largest absolute Gasteiger partial charge is 0.420 e. The average Bonchev–Trinajstić information content (AvgIpc) is 3.14. The maximum atomic E-state index is 12.7. The Morgan fingerprint density at radius 2 is 1.56 bits per heavy atom. The van der Waals surface area contributed by atoms with Crippen molar-refractivity contribution in [1.29, 1.82) is 0 Å². The molecule has 0 saturated heterocycles. The molecule has 0 atom stereocenters. The SMILES string of the molecule is C/C(=C(\OC(=O)c1ccc(Cl)cc1Cl)c1ccc(Cl)cc1Cl)n1cncn1. The minimum absolute atomic E-state index is 0.162. The predicted molar refractivity (Wildman–Crippen MR) is 107 cm³/mol. The monoisotopic (exact) mass is 441 g/mol. The summed E-state index contributed by atoms with van der Waals surface area (Å²) in [5.41, 5.74) is 1.12. The summed E-state index contributed by atoms with van der Waals surface area (Å²) < 4.78 is 7.10. The first-order chi connectivity index (χ1) is 12.9. The summed E-state index contributed by atoms with van der Waals surface area (Å²) in [6, 6.07) is 9.34. The van der Waals surface area contributed by atoms with Crippen LogP contribution in [0.3, 0.4) is 0 Å². The van der Waals surface area contributed by atoms with Crippen LogP contribution in [-0.2, 0) is 4.74 Å². The van der Waals surface area contributed by atoms with Crippen molar-refractivity contribution in [2.45, 2.75) is 6.92 Å². The van der Waals surface area contributed by atoms with Crippen LogP contribution in [0.2, 0.25) is 20.1 Å². The zero-order valence-electron chi connectivity index (χ0n) is 13.8. The van der Waals surface area contributed by atoms with Crippen molar-refractivity contribution in [2.24, 2.45) is 0 Å². The molecule has 0 aliphatic carbocycles. The van der Waals surface area contributed by atoms with Crippen molar-refractivity contribution in [3.05, 3.63) is 80.3 Å². The Bertz CT molecular complexity index is 1030. The van der Waals surface area contributed by atoms with Gasteiger partial charge in [0.15, 0.2) is 5.76 Å². The normalized spacial score (nSPS) is 11.9. The molecule has 0 aliphatic heterocycles. The van der Waals surface area contributed by atoms with E-state index in [1.807, 2.05) is 0 Å². The molecule has 1 aromatic heterocycles. The van der Waals surface area contributed by atoms with E-state index in [1.54, 1.807) is 31.2 Å². The number of carbonyl (C=O) groups is 1. The van der Waals surface area contributed by atoms with E-state index < -0.39 is 5.97 Å². The van der Waals surface area contributed by atoms with E-state index in [1.165, 1.54) is 29.5 Å². The molecule has 2 aromatic carbocycles. The summed E-state index contributed by atoms with van der Waals surface area (Å²) in [4.78, 5) is 16.6. The number of benzene rings is 2. The maximum absolute atomic E-state index is 12.7. The molecule has 3 rings (SSSR count). The number of allylic oxidation sites excluding steroid dienone is 1. The number of rotatable bonds is 4. The second kappa shape index (κ2) is 8.31. The molecule has 0 bridgehead atoms. The topological polar surface area (TPSA) is 57.0 Å². The molecule has 3 aromatic rings. The quantitative estimate of drug-likeness (QED) is 0.362. The zero-order chi connectivity index (χ0) is 19.6. The molecule has 0 radical (unpaired) electrons. The van der Waals surface area contributed by atoms with E-state index in [4.69, 9.17) is 51.1 Å². The van der Waals surface area contributed by atoms with Crippen LogP contribution in [0.1, 0.15) is 22.8 Å². The van der Waals surface area contributed by atoms with Gasteiger partial charge in [0.1, 0.15) is 12.7 Å². The summed E-state index contributed by atoms with van der Waals surface area (Å²) in [5, 5.41) is 5.41. The van der Waals surface area contributed by atoms with Crippen molar-refractivity contribution in [2.75, 3.05) is 0 Å². The van der Waals surface area contributed by atoms with Gasteiger partial charge in [-0.25, -0.2) is 14.5 Å². The zero-order valence-corrected chi connectivity index (χ0v) is 16.8. The molecule has 0 saturated carbocycles. The molecule has 0 aliphatic rings. The molecule has 0 spiro atoms. The Labute approximate surface area is 175 Å². The summed E-state index contributed by atoms with van der Waals surface area (Å²) >= 11 is 24.3. The van der Waals surface area contributed by atoms with Crippen LogP contribution in [0.25, 0.3) is 11.5 Å². The molecule has 0 fully saturated rings. The van der Waals surface area contributed by atoms with E-state index >= 15 is 0 Å². The predicted octanol–water partition coefficient (Wildman–Crippen LogP) is 6.09. The lowest BCUT2D eigenvalue weighted by molar-refractivity contribution is 0.0692. The number of esters is 1. The first-order valence-corrected chi connectivity index (χ1v) is 9.06. The fourth-order valence-corrected chi connectivity index (χ4v) is 3.27. The van der Waals surface area contributed by atoms with Crippen molar-refractivity contribution in [3.63, 3.8) is 0 Å². The molecular formula is C18H11Cl4N3O2. The number of aromatic nitrogens is 3. The van der Waals surface area contributed by atoms with Crippen molar-refractivity contribution >= 4 is 63.8 Å². The minimum atomic E-state index is -0.669. The summed E-state index contributed by atoms with van der Waals surface area (Å²) in [5.74, 6) is -0.477. The molecule has 0 N–H and O–H groups in total. The summed E-state index contributed by atoms with van der Waals surface area (Å²) in [7, 11) is 0. The Morgan fingerprint density at radius 3 is 2.07 bits per heavy atom. The molecule has 27 heavy (non-hydrogen) atoms. The first-order valence-electron chi connectivity index (χ1n) is 7.55.